The number of carbonyl (C=O) groups excluding carboxylic acids is 1. The van der Waals surface area contributed by atoms with E-state index in [1.807, 2.05) is 4.90 Å². The van der Waals surface area contributed by atoms with Crippen molar-refractivity contribution in [3.05, 3.63) is 24.3 Å². The number of nitrogens with zero attached hydrogens (tertiary/aromatic N) is 3. The number of morpholine rings is 1. The summed E-state index contributed by atoms with van der Waals surface area (Å²) in [5, 5.41) is 2.93. The second-order valence-corrected chi connectivity index (χ2v) is 9.92. The predicted molar refractivity (Wildman–Crippen MR) is 110 cm³/mol. The Kier molecular flexibility index (Phi) is 6.10. The van der Waals surface area contributed by atoms with Gasteiger partial charge in [-0.3, -0.25) is 4.90 Å². The fraction of sp³-hybridized carbons (Fsp3) is 0.650. The van der Waals surface area contributed by atoms with Gasteiger partial charge < -0.3 is 15.0 Å². The molecule has 0 spiro atoms. The summed E-state index contributed by atoms with van der Waals surface area (Å²) >= 11 is 0. The summed E-state index contributed by atoms with van der Waals surface area (Å²) in [6.07, 6.45) is 3.23. The molecule has 2 amide bonds. The van der Waals surface area contributed by atoms with Crippen molar-refractivity contribution in [1.82, 2.24) is 14.1 Å². The second kappa shape index (κ2) is 8.59. The lowest BCUT2D eigenvalue weighted by atomic mass is 10.1. The van der Waals surface area contributed by atoms with Gasteiger partial charge in [-0.05, 0) is 44.0 Å². The van der Waals surface area contributed by atoms with Gasteiger partial charge in [0.15, 0.2) is 0 Å². The van der Waals surface area contributed by atoms with E-state index in [-0.39, 0.29) is 17.0 Å². The molecule has 1 N–H and O–H groups in total. The molecule has 3 fully saturated rings. The zero-order valence-electron chi connectivity index (χ0n) is 16.9. The highest BCUT2D eigenvalue weighted by Gasteiger charge is 2.37. The van der Waals surface area contributed by atoms with Crippen LogP contribution in [0.15, 0.2) is 29.2 Å². The number of anilines is 1. The lowest BCUT2D eigenvalue weighted by molar-refractivity contribution is 0.0730. The number of ether oxygens (including phenoxy) is 1. The van der Waals surface area contributed by atoms with Gasteiger partial charge in [-0.2, -0.15) is 4.31 Å². The van der Waals surface area contributed by atoms with E-state index in [2.05, 4.69) is 17.1 Å². The highest BCUT2D eigenvalue weighted by molar-refractivity contribution is 7.89. The number of nitrogens with one attached hydrogen (secondary N) is 1. The number of hydrogen-bond donors (Lipinski definition) is 1. The van der Waals surface area contributed by atoms with E-state index < -0.39 is 10.0 Å². The van der Waals surface area contributed by atoms with Gasteiger partial charge in [-0.15, -0.1) is 0 Å². The van der Waals surface area contributed by atoms with E-state index in [0.29, 0.717) is 38.0 Å². The minimum absolute atomic E-state index is 0.149. The van der Waals surface area contributed by atoms with E-state index in [0.717, 1.165) is 32.5 Å². The molecule has 9 heteroatoms. The zero-order valence-corrected chi connectivity index (χ0v) is 17.7. The van der Waals surface area contributed by atoms with Crippen LogP contribution in [0.3, 0.4) is 0 Å². The molecule has 0 bridgehead atoms. The van der Waals surface area contributed by atoms with Gasteiger partial charge in [0.1, 0.15) is 0 Å². The van der Waals surface area contributed by atoms with Crippen LogP contribution in [0.2, 0.25) is 0 Å². The maximum Gasteiger partial charge on any atom is 0.322 e. The van der Waals surface area contributed by atoms with Crippen molar-refractivity contribution in [1.29, 1.82) is 0 Å². The Balaban J connectivity index is 1.48. The summed E-state index contributed by atoms with van der Waals surface area (Å²) in [6.45, 7) is 6.39. The highest BCUT2D eigenvalue weighted by Crippen LogP contribution is 2.27. The first-order valence-corrected chi connectivity index (χ1v) is 11.9. The SMILES string of the molecule is CC[C@@H]1CN2CCC[C@@H]2CN1C(=O)Nc1cccc(S(=O)(=O)N2CCOCC2)c1. The molecule has 0 unspecified atom stereocenters. The Bertz CT molecular complexity index is 841. The van der Waals surface area contributed by atoms with Gasteiger partial charge in [0.25, 0.3) is 0 Å². The quantitative estimate of drug-likeness (QED) is 0.800. The third-order valence-corrected chi connectivity index (χ3v) is 8.11. The Morgan fingerprint density at radius 1 is 1.21 bits per heavy atom. The molecule has 1 aromatic carbocycles. The van der Waals surface area contributed by atoms with Gasteiger partial charge in [0.05, 0.1) is 18.1 Å². The van der Waals surface area contributed by atoms with Crippen LogP contribution in [0.1, 0.15) is 26.2 Å². The molecule has 1 aromatic rings. The van der Waals surface area contributed by atoms with Crippen LogP contribution in [0, 0.1) is 0 Å². The number of hydrogen-bond acceptors (Lipinski definition) is 5. The normalized spacial score (nSPS) is 26.3. The van der Waals surface area contributed by atoms with Gasteiger partial charge >= 0.3 is 6.03 Å². The van der Waals surface area contributed by atoms with Crippen LogP contribution in [0.4, 0.5) is 10.5 Å². The number of fused-ring (bicyclic) bond motifs is 1. The summed E-state index contributed by atoms with van der Waals surface area (Å²) in [6, 6.07) is 7.02. The van der Waals surface area contributed by atoms with E-state index >= 15 is 0 Å². The minimum Gasteiger partial charge on any atom is -0.379 e. The topological polar surface area (TPSA) is 82.2 Å². The fourth-order valence-corrected chi connectivity index (χ4v) is 6.01. The van der Waals surface area contributed by atoms with Crippen molar-refractivity contribution in [2.75, 3.05) is 51.3 Å². The number of piperazine rings is 1. The summed E-state index contributed by atoms with van der Waals surface area (Å²) in [4.78, 5) is 17.6. The number of carbonyl (C=O) groups is 1. The Hall–Kier alpha value is -1.68. The van der Waals surface area contributed by atoms with E-state index in [9.17, 15) is 13.2 Å². The standard InChI is InChI=1S/C20H30N4O4S/c1-2-17-14-22-8-4-6-18(22)15-24(17)20(25)21-16-5-3-7-19(13-16)29(26,27)23-9-11-28-12-10-23/h3,5,7,13,17-18H,2,4,6,8-12,14-15H2,1H3,(H,21,25)/t17-,18-/m1/s1. The maximum absolute atomic E-state index is 13.0. The minimum atomic E-state index is -3.59. The smallest absolute Gasteiger partial charge is 0.322 e. The average molecular weight is 423 g/mol. The molecular formula is C20H30N4O4S. The van der Waals surface area contributed by atoms with Crippen molar-refractivity contribution < 1.29 is 17.9 Å². The maximum atomic E-state index is 13.0. The summed E-state index contributed by atoms with van der Waals surface area (Å²) in [5.74, 6) is 0. The monoisotopic (exact) mass is 422 g/mol. The third-order valence-electron chi connectivity index (χ3n) is 6.22. The third kappa shape index (κ3) is 4.28. The lowest BCUT2D eigenvalue weighted by Gasteiger charge is -2.43. The Morgan fingerprint density at radius 2 is 2.00 bits per heavy atom. The predicted octanol–water partition coefficient (Wildman–Crippen LogP) is 1.80. The molecule has 0 aromatic heterocycles. The largest absolute Gasteiger partial charge is 0.379 e. The summed E-state index contributed by atoms with van der Waals surface area (Å²) in [5.41, 5.74) is 0.507. The fourth-order valence-electron chi connectivity index (χ4n) is 4.55. The molecule has 160 valence electrons. The van der Waals surface area contributed by atoms with Crippen LogP contribution in [-0.2, 0) is 14.8 Å². The van der Waals surface area contributed by atoms with Crippen LogP contribution in [0.5, 0.6) is 0 Å². The molecule has 0 radical (unpaired) electrons. The first-order chi connectivity index (χ1) is 14.0. The average Bonchev–Trinajstić information content (AvgIpc) is 3.21. The van der Waals surface area contributed by atoms with Crippen molar-refractivity contribution in [2.45, 2.75) is 43.2 Å². The summed E-state index contributed by atoms with van der Waals surface area (Å²) < 4.78 is 32.5. The molecule has 0 saturated carbocycles. The van der Waals surface area contributed by atoms with Crippen molar-refractivity contribution in [2.24, 2.45) is 0 Å². The van der Waals surface area contributed by atoms with Crippen molar-refractivity contribution in [3.63, 3.8) is 0 Å². The van der Waals surface area contributed by atoms with Crippen molar-refractivity contribution >= 4 is 21.7 Å². The van der Waals surface area contributed by atoms with E-state index in [4.69, 9.17) is 4.74 Å². The van der Waals surface area contributed by atoms with Gasteiger partial charge in [0, 0.05) is 44.0 Å². The van der Waals surface area contributed by atoms with Crippen LogP contribution in [0.25, 0.3) is 0 Å². The Morgan fingerprint density at radius 3 is 2.76 bits per heavy atom. The van der Waals surface area contributed by atoms with Gasteiger partial charge in [-0.1, -0.05) is 13.0 Å². The number of amides is 2. The first kappa shape index (κ1) is 20.6. The van der Waals surface area contributed by atoms with E-state index in [1.54, 1.807) is 24.3 Å². The molecule has 8 nitrogen and oxygen atoms in total. The first-order valence-electron chi connectivity index (χ1n) is 10.5. The highest BCUT2D eigenvalue weighted by atomic mass is 32.2. The molecule has 0 aliphatic carbocycles. The molecule has 3 aliphatic heterocycles. The van der Waals surface area contributed by atoms with Crippen LogP contribution >= 0.6 is 0 Å². The second-order valence-electron chi connectivity index (χ2n) is 7.98. The number of urea groups is 1. The molecule has 3 aliphatic rings. The zero-order chi connectivity index (χ0) is 20.4. The van der Waals surface area contributed by atoms with Crippen LogP contribution in [-0.4, -0.2) is 86.6 Å². The number of rotatable bonds is 4. The molecule has 4 rings (SSSR count). The summed E-state index contributed by atoms with van der Waals surface area (Å²) in [7, 11) is -3.59. The molecular weight excluding hydrogens is 392 g/mol. The molecule has 3 saturated heterocycles. The van der Waals surface area contributed by atoms with Gasteiger partial charge in [-0.25, -0.2) is 13.2 Å². The van der Waals surface area contributed by atoms with Crippen LogP contribution < -0.4 is 5.32 Å². The lowest BCUT2D eigenvalue weighted by Crippen LogP contribution is -2.58. The Labute approximate surface area is 172 Å². The van der Waals surface area contributed by atoms with Gasteiger partial charge in [0.2, 0.25) is 10.0 Å². The molecule has 29 heavy (non-hydrogen) atoms. The van der Waals surface area contributed by atoms with Crippen molar-refractivity contribution in [3.8, 4) is 0 Å². The van der Waals surface area contributed by atoms with E-state index in [1.165, 1.54) is 10.7 Å². The molecule has 3 heterocycles. The molecule has 2 atom stereocenters. The number of benzene rings is 1. The number of sulfonamides is 1.